The second-order valence-corrected chi connectivity index (χ2v) is 3.48. The molecule has 3 heteroatoms. The average molecular weight is 195 g/mol. The van der Waals surface area contributed by atoms with Crippen molar-refractivity contribution in [3.63, 3.8) is 0 Å². The number of aryl methyl sites for hydroxylation is 2. The quantitative estimate of drug-likeness (QED) is 0.673. The van der Waals surface area contributed by atoms with E-state index in [0.29, 0.717) is 0 Å². The highest BCUT2D eigenvalue weighted by molar-refractivity contribution is 4.98. The Kier molecular flexibility index (Phi) is 5.30. The van der Waals surface area contributed by atoms with Crippen molar-refractivity contribution in [2.24, 2.45) is 0 Å². The minimum Gasteiger partial charge on any atom is -0.335 e. The van der Waals surface area contributed by atoms with Crippen molar-refractivity contribution in [1.29, 1.82) is 0 Å². The van der Waals surface area contributed by atoms with E-state index in [1.165, 1.54) is 18.5 Å². The van der Waals surface area contributed by atoms with Gasteiger partial charge in [-0.3, -0.25) is 0 Å². The third-order valence-electron chi connectivity index (χ3n) is 2.43. The van der Waals surface area contributed by atoms with Crippen LogP contribution in [-0.4, -0.2) is 22.6 Å². The van der Waals surface area contributed by atoms with Gasteiger partial charge in [-0.25, -0.2) is 4.98 Å². The third kappa shape index (κ3) is 3.50. The number of nitrogens with one attached hydrogen (secondary N) is 1. The van der Waals surface area contributed by atoms with Gasteiger partial charge in [-0.15, -0.1) is 0 Å². The van der Waals surface area contributed by atoms with Gasteiger partial charge in [0.25, 0.3) is 0 Å². The first kappa shape index (κ1) is 11.2. The van der Waals surface area contributed by atoms with E-state index >= 15 is 0 Å². The summed E-state index contributed by atoms with van der Waals surface area (Å²) in [4.78, 5) is 4.16. The molecule has 0 unspecified atom stereocenters. The number of hydrogen-bond acceptors (Lipinski definition) is 2. The highest BCUT2D eigenvalue weighted by Gasteiger charge is 1.99. The molecule has 0 saturated heterocycles. The van der Waals surface area contributed by atoms with E-state index < -0.39 is 0 Å². The van der Waals surface area contributed by atoms with Crippen LogP contribution in [0.5, 0.6) is 0 Å². The number of nitrogens with zero attached hydrogens (tertiary/aromatic N) is 2. The summed E-state index contributed by atoms with van der Waals surface area (Å²) in [6.07, 6.45) is 7.55. The van der Waals surface area contributed by atoms with Crippen molar-refractivity contribution in [3.05, 3.63) is 18.2 Å². The summed E-state index contributed by atoms with van der Waals surface area (Å²) in [6, 6.07) is 0. The Hall–Kier alpha value is -0.830. The first-order valence-corrected chi connectivity index (χ1v) is 5.58. The monoisotopic (exact) mass is 195 g/mol. The van der Waals surface area contributed by atoms with Crippen molar-refractivity contribution >= 4 is 0 Å². The van der Waals surface area contributed by atoms with Gasteiger partial charge in [-0.05, 0) is 39.3 Å². The fraction of sp³-hybridized carbons (Fsp3) is 0.727. The molecule has 1 N–H and O–H groups in total. The molecule has 3 nitrogen and oxygen atoms in total. The number of hydrogen-bond donors (Lipinski definition) is 1. The lowest BCUT2D eigenvalue weighted by Gasteiger charge is -2.05. The number of aromatic nitrogens is 2. The fourth-order valence-corrected chi connectivity index (χ4v) is 1.57. The molecule has 1 rings (SSSR count). The van der Waals surface area contributed by atoms with Crippen LogP contribution in [0.1, 0.15) is 32.4 Å². The lowest BCUT2D eigenvalue weighted by atomic mass is 10.2. The van der Waals surface area contributed by atoms with Crippen LogP contribution >= 0.6 is 0 Å². The van der Waals surface area contributed by atoms with Crippen LogP contribution in [0.25, 0.3) is 0 Å². The van der Waals surface area contributed by atoms with E-state index in [4.69, 9.17) is 0 Å². The van der Waals surface area contributed by atoms with Crippen molar-refractivity contribution < 1.29 is 0 Å². The van der Waals surface area contributed by atoms with Gasteiger partial charge < -0.3 is 9.88 Å². The molecule has 0 aliphatic rings. The summed E-state index contributed by atoms with van der Waals surface area (Å²) in [7, 11) is 0. The van der Waals surface area contributed by atoms with Gasteiger partial charge in [0.2, 0.25) is 0 Å². The second kappa shape index (κ2) is 6.60. The molecule has 1 aromatic rings. The molecule has 0 bridgehead atoms. The zero-order chi connectivity index (χ0) is 10.2. The molecule has 0 fully saturated rings. The van der Waals surface area contributed by atoms with E-state index in [2.05, 4.69) is 28.7 Å². The zero-order valence-corrected chi connectivity index (χ0v) is 9.29. The van der Waals surface area contributed by atoms with E-state index in [-0.39, 0.29) is 0 Å². The summed E-state index contributed by atoms with van der Waals surface area (Å²) in [5.41, 5.74) is 1.36. The summed E-state index contributed by atoms with van der Waals surface area (Å²) in [5, 5.41) is 3.33. The third-order valence-corrected chi connectivity index (χ3v) is 2.43. The van der Waals surface area contributed by atoms with Crippen LogP contribution in [0.4, 0.5) is 0 Å². The first-order valence-electron chi connectivity index (χ1n) is 5.58. The molecule has 80 valence electrons. The summed E-state index contributed by atoms with van der Waals surface area (Å²) in [6.45, 7) is 7.54. The maximum absolute atomic E-state index is 4.16. The van der Waals surface area contributed by atoms with E-state index in [1.807, 2.05) is 12.5 Å². The van der Waals surface area contributed by atoms with Gasteiger partial charge in [0.15, 0.2) is 0 Å². The Labute approximate surface area is 86.5 Å². The largest absolute Gasteiger partial charge is 0.335 e. The summed E-state index contributed by atoms with van der Waals surface area (Å²) in [5.74, 6) is 0. The number of unbranched alkanes of at least 4 members (excludes halogenated alkanes) is 1. The molecular formula is C11H21N3. The van der Waals surface area contributed by atoms with E-state index in [1.54, 1.807) is 0 Å². The van der Waals surface area contributed by atoms with Gasteiger partial charge in [0.05, 0.1) is 6.33 Å². The highest BCUT2D eigenvalue weighted by Crippen LogP contribution is 2.04. The molecule has 0 radical (unpaired) electrons. The topological polar surface area (TPSA) is 29.9 Å². The predicted octanol–water partition coefficient (Wildman–Crippen LogP) is 1.84. The Morgan fingerprint density at radius 2 is 2.21 bits per heavy atom. The van der Waals surface area contributed by atoms with Crippen LogP contribution in [0, 0.1) is 0 Å². The zero-order valence-electron chi connectivity index (χ0n) is 9.29. The van der Waals surface area contributed by atoms with Gasteiger partial charge in [-0.2, -0.15) is 0 Å². The molecule has 0 atom stereocenters. The smallest absolute Gasteiger partial charge is 0.0948 e. The Balaban J connectivity index is 2.17. The van der Waals surface area contributed by atoms with Crippen molar-refractivity contribution in [1.82, 2.24) is 14.9 Å². The van der Waals surface area contributed by atoms with E-state index in [9.17, 15) is 0 Å². The van der Waals surface area contributed by atoms with Crippen LogP contribution in [0.2, 0.25) is 0 Å². The lowest BCUT2D eigenvalue weighted by molar-refractivity contribution is 0.619. The average Bonchev–Trinajstić information content (AvgIpc) is 2.65. The standard InChI is InChI=1S/C11H21N3/c1-3-12-8-6-5-7-11-9-13-10-14(11)4-2/h9-10,12H,3-8H2,1-2H3. The minimum absolute atomic E-state index is 1.03. The SMILES string of the molecule is CCNCCCCc1cncn1CC. The van der Waals surface area contributed by atoms with E-state index in [0.717, 1.165) is 26.1 Å². The Morgan fingerprint density at radius 3 is 2.93 bits per heavy atom. The molecule has 0 aliphatic carbocycles. The molecule has 0 aromatic carbocycles. The van der Waals surface area contributed by atoms with Crippen LogP contribution in [0.3, 0.4) is 0 Å². The van der Waals surface area contributed by atoms with Crippen molar-refractivity contribution in [2.75, 3.05) is 13.1 Å². The van der Waals surface area contributed by atoms with Crippen LogP contribution in [0.15, 0.2) is 12.5 Å². The molecule has 1 heterocycles. The van der Waals surface area contributed by atoms with Crippen LogP contribution < -0.4 is 5.32 Å². The molecule has 1 aromatic heterocycles. The molecule has 0 amide bonds. The van der Waals surface area contributed by atoms with Crippen molar-refractivity contribution in [2.45, 2.75) is 39.7 Å². The summed E-state index contributed by atoms with van der Waals surface area (Å²) >= 11 is 0. The molecule has 0 spiro atoms. The molecule has 14 heavy (non-hydrogen) atoms. The number of imidazole rings is 1. The Bertz CT molecular complexity index is 242. The Morgan fingerprint density at radius 1 is 1.36 bits per heavy atom. The maximum Gasteiger partial charge on any atom is 0.0948 e. The maximum atomic E-state index is 4.16. The molecule has 0 saturated carbocycles. The second-order valence-electron chi connectivity index (χ2n) is 3.48. The summed E-state index contributed by atoms with van der Waals surface area (Å²) < 4.78 is 2.22. The molecule has 0 aliphatic heterocycles. The normalized spacial score (nSPS) is 10.7. The minimum atomic E-state index is 1.03. The highest BCUT2D eigenvalue weighted by atomic mass is 15.0. The molecular weight excluding hydrogens is 174 g/mol. The van der Waals surface area contributed by atoms with Gasteiger partial charge in [-0.1, -0.05) is 6.92 Å². The van der Waals surface area contributed by atoms with Gasteiger partial charge in [0, 0.05) is 18.4 Å². The lowest BCUT2D eigenvalue weighted by Crippen LogP contribution is -2.14. The van der Waals surface area contributed by atoms with Crippen LogP contribution in [-0.2, 0) is 13.0 Å². The number of rotatable bonds is 7. The van der Waals surface area contributed by atoms with Gasteiger partial charge >= 0.3 is 0 Å². The van der Waals surface area contributed by atoms with Crippen molar-refractivity contribution in [3.8, 4) is 0 Å². The predicted molar refractivity (Wildman–Crippen MR) is 59.4 cm³/mol. The fourth-order valence-electron chi connectivity index (χ4n) is 1.57. The first-order chi connectivity index (χ1) is 6.88. The van der Waals surface area contributed by atoms with Gasteiger partial charge in [0.1, 0.15) is 0 Å².